The van der Waals surface area contributed by atoms with E-state index in [0.717, 1.165) is 0 Å². The van der Waals surface area contributed by atoms with Crippen molar-refractivity contribution in [1.29, 1.82) is 0 Å². The third-order valence-electron chi connectivity index (χ3n) is 6.02. The van der Waals surface area contributed by atoms with Gasteiger partial charge in [-0.15, -0.1) is 0 Å². The summed E-state index contributed by atoms with van der Waals surface area (Å²) in [5.74, 6) is -1.81. The number of ether oxygens (including phenoxy) is 1. The van der Waals surface area contributed by atoms with E-state index >= 15 is 0 Å². The zero-order valence-electron chi connectivity index (χ0n) is 17.5. The van der Waals surface area contributed by atoms with E-state index in [4.69, 9.17) is 4.74 Å². The number of ketones is 1. The summed E-state index contributed by atoms with van der Waals surface area (Å²) in [6, 6.07) is 13.1. The van der Waals surface area contributed by atoms with Crippen molar-refractivity contribution >= 4 is 23.3 Å². The lowest BCUT2D eigenvalue weighted by Gasteiger charge is -2.29. The molecule has 33 heavy (non-hydrogen) atoms. The molecular weight excluding hydrogens is 426 g/mol. The highest BCUT2D eigenvalue weighted by atomic mass is 16.5. The second-order valence-electron chi connectivity index (χ2n) is 7.81. The molecule has 1 aliphatic carbocycles. The summed E-state index contributed by atoms with van der Waals surface area (Å²) < 4.78 is 6.51. The number of nitrogens with one attached hydrogen (secondary N) is 2. The van der Waals surface area contributed by atoms with Gasteiger partial charge in [0, 0.05) is 29.7 Å². The maximum atomic E-state index is 13.4. The third kappa shape index (κ3) is 3.13. The lowest BCUT2D eigenvalue weighted by molar-refractivity contribution is 0.0696. The van der Waals surface area contributed by atoms with Crippen LogP contribution in [-0.4, -0.2) is 40.1 Å². The van der Waals surface area contributed by atoms with Crippen LogP contribution in [0.1, 0.15) is 43.3 Å². The zero-order chi connectivity index (χ0) is 23.3. The summed E-state index contributed by atoms with van der Waals surface area (Å²) in [6.45, 7) is 0.420. The second kappa shape index (κ2) is 7.72. The highest BCUT2D eigenvalue weighted by molar-refractivity contribution is 6.23. The Kier molecular flexibility index (Phi) is 4.83. The van der Waals surface area contributed by atoms with E-state index in [0.29, 0.717) is 28.0 Å². The number of aromatic amines is 1. The van der Waals surface area contributed by atoms with E-state index in [1.54, 1.807) is 24.3 Å². The van der Waals surface area contributed by atoms with Crippen LogP contribution in [0.2, 0.25) is 0 Å². The first-order valence-electron chi connectivity index (χ1n) is 10.3. The van der Waals surface area contributed by atoms with Gasteiger partial charge in [-0.05, 0) is 17.7 Å². The van der Waals surface area contributed by atoms with Gasteiger partial charge in [0.25, 0.3) is 5.56 Å². The molecule has 0 amide bonds. The lowest BCUT2D eigenvalue weighted by atomic mass is 9.81. The van der Waals surface area contributed by atoms with Crippen molar-refractivity contribution in [3.05, 3.63) is 103 Å². The van der Waals surface area contributed by atoms with E-state index in [2.05, 4.69) is 10.3 Å². The zero-order valence-corrected chi connectivity index (χ0v) is 17.5. The number of methoxy groups -OCH3 is 1. The molecule has 0 fully saturated rings. The van der Waals surface area contributed by atoms with E-state index in [9.17, 15) is 24.3 Å². The Morgan fingerprint density at radius 1 is 1.06 bits per heavy atom. The van der Waals surface area contributed by atoms with E-state index in [1.807, 2.05) is 12.1 Å². The fraction of sp³-hybridized carbons (Fsp3) is 0.167. The predicted octanol–water partition coefficient (Wildman–Crippen LogP) is 2.05. The molecule has 9 heteroatoms. The number of benzene rings is 2. The number of aromatic nitrogens is 2. The van der Waals surface area contributed by atoms with Crippen molar-refractivity contribution in [2.24, 2.45) is 0 Å². The number of nitrogens with zero attached hydrogens (tertiary/aromatic N) is 1. The molecule has 0 saturated carbocycles. The van der Waals surface area contributed by atoms with Crippen molar-refractivity contribution < 1.29 is 19.4 Å². The highest BCUT2D eigenvalue weighted by Crippen LogP contribution is 2.47. The van der Waals surface area contributed by atoms with E-state index in [-0.39, 0.29) is 35.9 Å². The maximum Gasteiger partial charge on any atom is 0.335 e. The number of fused-ring (bicyclic) bond motifs is 3. The Morgan fingerprint density at radius 3 is 2.42 bits per heavy atom. The molecule has 2 aliphatic rings. The molecule has 1 atom stereocenters. The van der Waals surface area contributed by atoms with Crippen LogP contribution in [0.3, 0.4) is 0 Å². The molecule has 0 spiro atoms. The van der Waals surface area contributed by atoms with E-state index in [1.165, 1.54) is 23.8 Å². The maximum absolute atomic E-state index is 13.4. The van der Waals surface area contributed by atoms with Crippen LogP contribution in [-0.2, 0) is 11.3 Å². The van der Waals surface area contributed by atoms with Crippen LogP contribution in [0, 0.1) is 0 Å². The Bertz CT molecular complexity index is 1460. The molecular formula is C24H19N3O6. The van der Waals surface area contributed by atoms with Crippen LogP contribution >= 0.6 is 0 Å². The smallest absolute Gasteiger partial charge is 0.335 e. The van der Waals surface area contributed by atoms with Gasteiger partial charge < -0.3 is 15.2 Å². The molecule has 0 bridgehead atoms. The normalized spacial score (nSPS) is 16.2. The van der Waals surface area contributed by atoms with Gasteiger partial charge >= 0.3 is 11.7 Å². The predicted molar refractivity (Wildman–Crippen MR) is 120 cm³/mol. The first-order chi connectivity index (χ1) is 15.9. The Morgan fingerprint density at radius 2 is 1.76 bits per heavy atom. The summed E-state index contributed by atoms with van der Waals surface area (Å²) in [4.78, 5) is 52.8. The number of aromatic carboxylic acids is 1. The van der Waals surface area contributed by atoms with Crippen LogP contribution in [0.4, 0.5) is 5.82 Å². The van der Waals surface area contributed by atoms with Crippen molar-refractivity contribution in [3.8, 4) is 0 Å². The number of anilines is 1. The third-order valence-corrected chi connectivity index (χ3v) is 6.02. The number of Topliss-reactive ketones (excluding diaryl/α,β-unsaturated/α-hetero) is 1. The van der Waals surface area contributed by atoms with Gasteiger partial charge in [-0.3, -0.25) is 19.1 Å². The van der Waals surface area contributed by atoms with Gasteiger partial charge in [-0.25, -0.2) is 9.59 Å². The first kappa shape index (κ1) is 20.7. The number of carboxylic acid groups (broad SMARTS) is 1. The SMILES string of the molecule is COCCn1c2c(c(=O)[nH]c1=O)C(c1ccc(C(=O)O)cc1)C1=C(N2)c2ccccc2C1=O. The molecule has 9 nitrogen and oxygen atoms in total. The van der Waals surface area contributed by atoms with Crippen LogP contribution < -0.4 is 16.6 Å². The minimum Gasteiger partial charge on any atom is -0.478 e. The number of hydrogen-bond donors (Lipinski definition) is 3. The average Bonchev–Trinajstić information content (AvgIpc) is 3.10. The van der Waals surface area contributed by atoms with Crippen molar-refractivity contribution in [3.63, 3.8) is 0 Å². The second-order valence-corrected chi connectivity index (χ2v) is 7.81. The van der Waals surface area contributed by atoms with Crippen molar-refractivity contribution in [1.82, 2.24) is 9.55 Å². The molecule has 2 aromatic carbocycles. The summed E-state index contributed by atoms with van der Waals surface area (Å²) in [7, 11) is 1.51. The molecule has 3 N–H and O–H groups in total. The van der Waals surface area contributed by atoms with Crippen molar-refractivity contribution in [2.45, 2.75) is 12.5 Å². The van der Waals surface area contributed by atoms with Gasteiger partial charge in [0.15, 0.2) is 5.78 Å². The molecule has 1 aliphatic heterocycles. The van der Waals surface area contributed by atoms with Crippen LogP contribution in [0.15, 0.2) is 63.7 Å². The van der Waals surface area contributed by atoms with E-state index < -0.39 is 23.1 Å². The highest BCUT2D eigenvalue weighted by Gasteiger charge is 2.42. The summed E-state index contributed by atoms with van der Waals surface area (Å²) in [6.07, 6.45) is 0. The number of hydrogen-bond acceptors (Lipinski definition) is 6. The first-order valence-corrected chi connectivity index (χ1v) is 10.3. The van der Waals surface area contributed by atoms with Gasteiger partial charge in [-0.1, -0.05) is 36.4 Å². The monoisotopic (exact) mass is 445 g/mol. The molecule has 1 aromatic heterocycles. The molecule has 5 rings (SSSR count). The largest absolute Gasteiger partial charge is 0.478 e. The fourth-order valence-electron chi connectivity index (χ4n) is 4.51. The minimum atomic E-state index is -1.08. The summed E-state index contributed by atoms with van der Waals surface area (Å²) >= 11 is 0. The average molecular weight is 445 g/mol. The van der Waals surface area contributed by atoms with Gasteiger partial charge in [-0.2, -0.15) is 0 Å². The molecule has 166 valence electrons. The number of carbonyl (C=O) groups is 2. The van der Waals surface area contributed by atoms with Crippen molar-refractivity contribution in [2.75, 3.05) is 19.0 Å². The summed E-state index contributed by atoms with van der Waals surface area (Å²) in [5.41, 5.74) is 1.76. The number of carbonyl (C=O) groups excluding carboxylic acids is 1. The number of allylic oxidation sites excluding steroid dienone is 1. The number of carboxylic acids is 1. The van der Waals surface area contributed by atoms with Crippen LogP contribution in [0.25, 0.3) is 5.70 Å². The topological polar surface area (TPSA) is 130 Å². The molecule has 2 heterocycles. The van der Waals surface area contributed by atoms with Gasteiger partial charge in [0.2, 0.25) is 0 Å². The van der Waals surface area contributed by atoms with Gasteiger partial charge in [0.05, 0.1) is 30.0 Å². The number of rotatable bonds is 5. The Hall–Kier alpha value is -4.24. The number of H-pyrrole nitrogens is 1. The lowest BCUT2D eigenvalue weighted by Crippen LogP contribution is -2.38. The summed E-state index contributed by atoms with van der Waals surface area (Å²) in [5, 5.41) is 12.5. The Balaban J connectivity index is 1.80. The molecule has 0 saturated heterocycles. The molecule has 0 radical (unpaired) electrons. The minimum absolute atomic E-state index is 0.0853. The van der Waals surface area contributed by atoms with Crippen LogP contribution in [0.5, 0.6) is 0 Å². The molecule has 3 aromatic rings. The molecule has 1 unspecified atom stereocenters. The Labute approximate surface area is 187 Å². The van der Waals surface area contributed by atoms with Gasteiger partial charge in [0.1, 0.15) is 5.82 Å². The quantitative estimate of drug-likeness (QED) is 0.548. The standard InChI is InChI=1S/C24H19N3O6/c1-33-11-10-27-21-18(22(29)26-24(27)32)16(12-6-8-13(9-7-12)23(30)31)17-19(25-21)14-4-2-3-5-15(14)20(17)28/h2-9,16,25H,10-11H2,1H3,(H,30,31)(H,26,29,32). The fourth-order valence-corrected chi connectivity index (χ4v) is 4.51.